The first-order valence-corrected chi connectivity index (χ1v) is 12.1. The minimum absolute atomic E-state index is 0.661. The molecule has 1 heterocycles. The molecule has 0 spiro atoms. The number of anilines is 2. The molecule has 186 valence electrons. The second-order valence-electron chi connectivity index (χ2n) is 8.95. The third-order valence-corrected chi connectivity index (χ3v) is 5.74. The zero-order chi connectivity index (χ0) is 25.5. The largest absolute Gasteiger partial charge is 0.494 e. The number of aryl methyl sites for hydroxylation is 2. The summed E-state index contributed by atoms with van der Waals surface area (Å²) in [5, 5.41) is 4.34. The predicted octanol–water partition coefficient (Wildman–Crippen LogP) is 6.84. The Labute approximate surface area is 212 Å². The number of aromatic nitrogens is 2. The second-order valence-corrected chi connectivity index (χ2v) is 8.95. The first-order chi connectivity index (χ1) is 17.4. The van der Waals surface area contributed by atoms with Crippen molar-refractivity contribution in [1.82, 2.24) is 14.9 Å². The number of nitrogens with one attached hydrogen (secondary N) is 1. The normalized spacial score (nSPS) is 11.4. The van der Waals surface area contributed by atoms with E-state index in [1.54, 1.807) is 12.5 Å². The second kappa shape index (κ2) is 11.6. The lowest BCUT2D eigenvalue weighted by molar-refractivity contribution is 0.282. The van der Waals surface area contributed by atoms with E-state index in [4.69, 9.17) is 9.47 Å². The molecule has 4 aromatic rings. The predicted molar refractivity (Wildman–Crippen MR) is 148 cm³/mol. The number of rotatable bonds is 10. The highest BCUT2D eigenvalue weighted by molar-refractivity contribution is 5.91. The lowest BCUT2D eigenvalue weighted by atomic mass is 10.1. The number of hydrogen-bond acceptors (Lipinski definition) is 7. The number of benzene rings is 3. The molecule has 0 saturated carbocycles. The summed E-state index contributed by atoms with van der Waals surface area (Å²) in [5.41, 5.74) is 4.79. The lowest BCUT2D eigenvalue weighted by Gasteiger charge is -2.14. The summed E-state index contributed by atoms with van der Waals surface area (Å²) < 4.78 is 12.1. The van der Waals surface area contributed by atoms with E-state index in [1.165, 1.54) is 0 Å². The molecule has 3 aromatic carbocycles. The van der Waals surface area contributed by atoms with Crippen LogP contribution in [0.25, 0.3) is 10.9 Å². The first-order valence-electron chi connectivity index (χ1n) is 12.1. The molecule has 1 aromatic heterocycles. The Morgan fingerprint density at radius 3 is 2.56 bits per heavy atom. The van der Waals surface area contributed by atoms with Crippen molar-refractivity contribution >= 4 is 34.3 Å². The number of ether oxygens (including phenoxy) is 2. The summed E-state index contributed by atoms with van der Waals surface area (Å²) in [6.45, 7) is 7.62. The zero-order valence-electron chi connectivity index (χ0n) is 21.6. The Bertz CT molecular complexity index is 1370. The van der Waals surface area contributed by atoms with E-state index in [-0.39, 0.29) is 0 Å². The van der Waals surface area contributed by atoms with Crippen molar-refractivity contribution in [3.63, 3.8) is 0 Å². The van der Waals surface area contributed by atoms with Crippen LogP contribution in [0.2, 0.25) is 0 Å². The lowest BCUT2D eigenvalue weighted by Crippen LogP contribution is -2.15. The Hall–Kier alpha value is -3.97. The van der Waals surface area contributed by atoms with Gasteiger partial charge in [0.2, 0.25) is 0 Å². The summed E-state index contributed by atoms with van der Waals surface area (Å²) in [6.07, 6.45) is 4.32. The van der Waals surface area contributed by atoms with Gasteiger partial charge in [-0.3, -0.25) is 4.99 Å². The molecular formula is C29H33N5O2. The van der Waals surface area contributed by atoms with Gasteiger partial charge in [0.05, 0.1) is 17.8 Å². The highest BCUT2D eigenvalue weighted by Gasteiger charge is 2.09. The maximum absolute atomic E-state index is 6.16. The molecule has 7 heteroatoms. The van der Waals surface area contributed by atoms with Crippen LogP contribution in [0.15, 0.2) is 65.9 Å². The van der Waals surface area contributed by atoms with E-state index >= 15 is 0 Å². The average Bonchev–Trinajstić information content (AvgIpc) is 2.86. The van der Waals surface area contributed by atoms with Gasteiger partial charge in [-0.05, 0) is 94.9 Å². The molecular weight excluding hydrogens is 450 g/mol. The van der Waals surface area contributed by atoms with E-state index in [0.717, 1.165) is 69.4 Å². The van der Waals surface area contributed by atoms with Crippen LogP contribution in [0, 0.1) is 13.8 Å². The van der Waals surface area contributed by atoms with Crippen molar-refractivity contribution < 1.29 is 9.47 Å². The molecule has 7 nitrogen and oxygen atoms in total. The molecule has 0 unspecified atom stereocenters. The SMILES string of the molecule is C/C=N\c1cc(Oc2ccc(Nc3ncnc4ccc(OCCCN(C)C)cc34)cc2C)ccc1C. The number of fused-ring (bicyclic) bond motifs is 1. The van der Waals surface area contributed by atoms with Crippen molar-refractivity contribution in [3.8, 4) is 17.2 Å². The fourth-order valence-electron chi connectivity index (χ4n) is 3.83. The maximum atomic E-state index is 6.16. The number of hydrogen-bond donors (Lipinski definition) is 1. The highest BCUT2D eigenvalue weighted by atomic mass is 16.5. The van der Waals surface area contributed by atoms with Crippen molar-refractivity contribution in [2.75, 3.05) is 32.6 Å². The van der Waals surface area contributed by atoms with Crippen molar-refractivity contribution in [2.45, 2.75) is 27.2 Å². The maximum Gasteiger partial charge on any atom is 0.141 e. The molecule has 0 aliphatic rings. The summed E-state index contributed by atoms with van der Waals surface area (Å²) in [6, 6.07) is 17.8. The van der Waals surface area contributed by atoms with Crippen molar-refractivity contribution in [2.24, 2.45) is 4.99 Å². The van der Waals surface area contributed by atoms with Crippen LogP contribution in [-0.2, 0) is 0 Å². The Morgan fingerprint density at radius 1 is 0.944 bits per heavy atom. The first kappa shape index (κ1) is 25.1. The minimum Gasteiger partial charge on any atom is -0.494 e. The molecule has 0 saturated heterocycles. The van der Waals surface area contributed by atoms with Crippen LogP contribution >= 0.6 is 0 Å². The van der Waals surface area contributed by atoms with Gasteiger partial charge in [0, 0.05) is 29.9 Å². The number of aliphatic imine (C=N–C) groups is 1. The number of nitrogens with zero attached hydrogens (tertiary/aromatic N) is 4. The Morgan fingerprint density at radius 2 is 1.78 bits per heavy atom. The van der Waals surface area contributed by atoms with Gasteiger partial charge in [0.25, 0.3) is 0 Å². The summed E-state index contributed by atoms with van der Waals surface area (Å²) >= 11 is 0. The van der Waals surface area contributed by atoms with E-state index in [9.17, 15) is 0 Å². The van der Waals surface area contributed by atoms with Crippen molar-refractivity contribution in [1.29, 1.82) is 0 Å². The van der Waals surface area contributed by atoms with Crippen LogP contribution in [0.4, 0.5) is 17.2 Å². The third kappa shape index (κ3) is 6.37. The van der Waals surface area contributed by atoms with E-state index < -0.39 is 0 Å². The molecule has 0 atom stereocenters. The van der Waals surface area contributed by atoms with Crippen molar-refractivity contribution in [3.05, 3.63) is 72.1 Å². The third-order valence-electron chi connectivity index (χ3n) is 5.74. The van der Waals surface area contributed by atoms with Crippen LogP contribution in [-0.4, -0.2) is 48.3 Å². The van der Waals surface area contributed by atoms with Crippen LogP contribution < -0.4 is 14.8 Å². The molecule has 1 N–H and O–H groups in total. The molecule has 0 radical (unpaired) electrons. The minimum atomic E-state index is 0.661. The van der Waals surface area contributed by atoms with Gasteiger partial charge in [0.15, 0.2) is 0 Å². The van der Waals surface area contributed by atoms with E-state index in [2.05, 4.69) is 39.3 Å². The highest BCUT2D eigenvalue weighted by Crippen LogP contribution is 2.33. The van der Waals surface area contributed by atoms with E-state index in [0.29, 0.717) is 6.61 Å². The van der Waals surface area contributed by atoms with Gasteiger partial charge in [-0.1, -0.05) is 6.07 Å². The quantitative estimate of drug-likeness (QED) is 0.197. The molecule has 0 bridgehead atoms. The van der Waals surface area contributed by atoms with Gasteiger partial charge in [0.1, 0.15) is 29.4 Å². The van der Waals surface area contributed by atoms with Gasteiger partial charge < -0.3 is 19.7 Å². The topological polar surface area (TPSA) is 71.9 Å². The molecule has 0 aliphatic carbocycles. The molecule has 4 rings (SSSR count). The zero-order valence-corrected chi connectivity index (χ0v) is 21.6. The van der Waals surface area contributed by atoms with Gasteiger partial charge in [-0.25, -0.2) is 9.97 Å². The molecule has 36 heavy (non-hydrogen) atoms. The van der Waals surface area contributed by atoms with Gasteiger partial charge in [-0.15, -0.1) is 0 Å². The Balaban J connectivity index is 1.50. The van der Waals surface area contributed by atoms with Crippen LogP contribution in [0.3, 0.4) is 0 Å². The van der Waals surface area contributed by atoms with E-state index in [1.807, 2.05) is 75.4 Å². The average molecular weight is 484 g/mol. The monoisotopic (exact) mass is 483 g/mol. The van der Waals surface area contributed by atoms with Crippen LogP contribution in [0.5, 0.6) is 17.2 Å². The summed E-state index contributed by atoms with van der Waals surface area (Å²) in [4.78, 5) is 15.5. The standard InChI is InChI=1S/C29H33N5O2/c1-6-30-27-18-24(10-8-20(27)2)36-28-13-9-22(16-21(28)3)33-29-25-17-23(35-15-7-14-34(4)5)11-12-26(25)31-19-32-29/h6,8-13,16-19H,7,14-15H2,1-5H3,(H,31,32,33)/b30-6-. The summed E-state index contributed by atoms with van der Waals surface area (Å²) in [7, 11) is 4.12. The molecule has 0 aliphatic heterocycles. The Kier molecular flexibility index (Phi) is 8.13. The summed E-state index contributed by atoms with van der Waals surface area (Å²) in [5.74, 6) is 3.08. The van der Waals surface area contributed by atoms with Gasteiger partial charge in [-0.2, -0.15) is 0 Å². The molecule has 0 amide bonds. The smallest absolute Gasteiger partial charge is 0.141 e. The fraction of sp³-hybridized carbons (Fsp3) is 0.276. The fourth-order valence-corrected chi connectivity index (χ4v) is 3.83. The van der Waals surface area contributed by atoms with Crippen LogP contribution in [0.1, 0.15) is 24.5 Å². The molecule has 0 fully saturated rings. The van der Waals surface area contributed by atoms with Gasteiger partial charge >= 0.3 is 0 Å².